The van der Waals surface area contributed by atoms with Crippen molar-refractivity contribution in [2.24, 2.45) is 0 Å². The van der Waals surface area contributed by atoms with Crippen molar-refractivity contribution in [2.45, 2.75) is 31.6 Å². The number of benzene rings is 3. The standard InChI is InChI=1S/C27H32N2O5S/c1-20(2)23-12-8-9-13-25(23)34-17-16-28-27(30)19-29(24-18-21(3)14-15-26(24)33-4)35(31,32)22-10-6-5-7-11-22/h5-15,18,20H,16-17,19H2,1-4H3,(H,28,30). The van der Waals surface area contributed by atoms with Crippen LogP contribution in [0.1, 0.15) is 30.9 Å². The molecule has 0 spiro atoms. The number of methoxy groups -OCH3 is 1. The summed E-state index contributed by atoms with van der Waals surface area (Å²) in [6, 6.07) is 21.0. The van der Waals surface area contributed by atoms with Crippen LogP contribution in [-0.2, 0) is 14.8 Å². The Morgan fingerprint density at radius 3 is 2.34 bits per heavy atom. The van der Waals surface area contributed by atoms with E-state index in [1.165, 1.54) is 19.2 Å². The summed E-state index contributed by atoms with van der Waals surface area (Å²) in [5.74, 6) is 0.988. The van der Waals surface area contributed by atoms with E-state index in [-0.39, 0.29) is 18.0 Å². The van der Waals surface area contributed by atoms with E-state index in [0.717, 1.165) is 21.2 Å². The van der Waals surface area contributed by atoms with Gasteiger partial charge in [0.15, 0.2) is 0 Å². The van der Waals surface area contributed by atoms with Crippen LogP contribution in [0, 0.1) is 6.92 Å². The van der Waals surface area contributed by atoms with E-state index in [0.29, 0.717) is 17.4 Å². The summed E-state index contributed by atoms with van der Waals surface area (Å²) in [6.07, 6.45) is 0. The molecule has 3 aromatic carbocycles. The third-order valence-electron chi connectivity index (χ3n) is 5.44. The highest BCUT2D eigenvalue weighted by Crippen LogP contribution is 2.33. The van der Waals surface area contributed by atoms with Crippen molar-refractivity contribution in [1.82, 2.24) is 5.32 Å². The molecule has 0 aliphatic heterocycles. The Labute approximate surface area is 207 Å². The van der Waals surface area contributed by atoms with Gasteiger partial charge in [-0.15, -0.1) is 0 Å². The minimum Gasteiger partial charge on any atom is -0.495 e. The molecule has 0 saturated heterocycles. The van der Waals surface area contributed by atoms with E-state index in [9.17, 15) is 13.2 Å². The van der Waals surface area contributed by atoms with Gasteiger partial charge in [-0.1, -0.05) is 56.3 Å². The first-order valence-corrected chi connectivity index (χ1v) is 12.9. The molecule has 0 saturated carbocycles. The van der Waals surface area contributed by atoms with Gasteiger partial charge in [0.2, 0.25) is 5.91 Å². The number of anilines is 1. The second kappa shape index (κ2) is 11.8. The highest BCUT2D eigenvalue weighted by Gasteiger charge is 2.29. The van der Waals surface area contributed by atoms with Crippen molar-refractivity contribution >= 4 is 21.6 Å². The molecule has 3 aromatic rings. The van der Waals surface area contributed by atoms with Gasteiger partial charge in [0.05, 0.1) is 24.2 Å². The molecular weight excluding hydrogens is 464 g/mol. The zero-order valence-electron chi connectivity index (χ0n) is 20.5. The summed E-state index contributed by atoms with van der Waals surface area (Å²) >= 11 is 0. The van der Waals surface area contributed by atoms with Crippen LogP contribution in [-0.4, -0.2) is 41.1 Å². The van der Waals surface area contributed by atoms with Crippen LogP contribution in [0.5, 0.6) is 11.5 Å². The molecule has 0 unspecified atom stereocenters. The van der Waals surface area contributed by atoms with E-state index in [4.69, 9.17) is 9.47 Å². The molecule has 1 N–H and O–H groups in total. The number of rotatable bonds is 11. The molecular formula is C27H32N2O5S. The molecule has 0 atom stereocenters. The molecule has 35 heavy (non-hydrogen) atoms. The first-order valence-electron chi connectivity index (χ1n) is 11.4. The van der Waals surface area contributed by atoms with Gasteiger partial charge in [-0.2, -0.15) is 0 Å². The van der Waals surface area contributed by atoms with Gasteiger partial charge in [-0.25, -0.2) is 8.42 Å². The Balaban J connectivity index is 1.76. The van der Waals surface area contributed by atoms with Crippen molar-refractivity contribution in [3.05, 3.63) is 83.9 Å². The van der Waals surface area contributed by atoms with Crippen LogP contribution in [0.15, 0.2) is 77.7 Å². The Kier molecular flexibility index (Phi) is 8.76. The van der Waals surface area contributed by atoms with Gasteiger partial charge < -0.3 is 14.8 Å². The fraction of sp³-hybridized carbons (Fsp3) is 0.296. The summed E-state index contributed by atoms with van der Waals surface area (Å²) < 4.78 is 39.4. The number of hydrogen-bond donors (Lipinski definition) is 1. The van der Waals surface area contributed by atoms with Gasteiger partial charge in [0.25, 0.3) is 10.0 Å². The zero-order valence-corrected chi connectivity index (χ0v) is 21.3. The number of nitrogens with zero attached hydrogens (tertiary/aromatic N) is 1. The number of aryl methyl sites for hydroxylation is 1. The SMILES string of the molecule is COc1ccc(C)cc1N(CC(=O)NCCOc1ccccc1C(C)C)S(=O)(=O)c1ccccc1. The van der Waals surface area contributed by atoms with Crippen LogP contribution in [0.3, 0.4) is 0 Å². The number of amides is 1. The number of carbonyl (C=O) groups excluding carboxylic acids is 1. The summed E-state index contributed by atoms with van der Waals surface area (Å²) in [4.78, 5) is 13.0. The van der Waals surface area contributed by atoms with E-state index >= 15 is 0 Å². The number of hydrogen-bond acceptors (Lipinski definition) is 5. The third-order valence-corrected chi connectivity index (χ3v) is 7.22. The molecule has 7 nitrogen and oxygen atoms in total. The number of para-hydroxylation sites is 1. The maximum Gasteiger partial charge on any atom is 0.264 e. The monoisotopic (exact) mass is 496 g/mol. The molecule has 0 aliphatic rings. The third kappa shape index (κ3) is 6.54. The molecule has 8 heteroatoms. The van der Waals surface area contributed by atoms with Gasteiger partial charge >= 0.3 is 0 Å². The predicted molar refractivity (Wildman–Crippen MR) is 138 cm³/mol. The first-order chi connectivity index (χ1) is 16.7. The molecule has 186 valence electrons. The van der Waals surface area contributed by atoms with Gasteiger partial charge in [0.1, 0.15) is 24.7 Å². The molecule has 0 radical (unpaired) electrons. The van der Waals surface area contributed by atoms with Crippen molar-refractivity contribution in [3.63, 3.8) is 0 Å². The van der Waals surface area contributed by atoms with Gasteiger partial charge in [-0.05, 0) is 54.3 Å². The summed E-state index contributed by atoms with van der Waals surface area (Å²) in [7, 11) is -2.56. The zero-order chi connectivity index (χ0) is 25.4. The smallest absolute Gasteiger partial charge is 0.264 e. The van der Waals surface area contributed by atoms with Crippen LogP contribution in [0.2, 0.25) is 0 Å². The van der Waals surface area contributed by atoms with E-state index in [1.807, 2.05) is 37.3 Å². The van der Waals surface area contributed by atoms with Crippen LogP contribution in [0.25, 0.3) is 0 Å². The average molecular weight is 497 g/mol. The predicted octanol–water partition coefficient (Wildman–Crippen LogP) is 4.52. The second-order valence-corrected chi connectivity index (χ2v) is 10.3. The quantitative estimate of drug-likeness (QED) is 0.395. The maximum absolute atomic E-state index is 13.5. The summed E-state index contributed by atoms with van der Waals surface area (Å²) in [5, 5.41) is 2.77. The molecule has 0 fully saturated rings. The van der Waals surface area contributed by atoms with Crippen molar-refractivity contribution < 1.29 is 22.7 Å². The largest absolute Gasteiger partial charge is 0.495 e. The van der Waals surface area contributed by atoms with Gasteiger partial charge in [0, 0.05) is 0 Å². The number of ether oxygens (including phenoxy) is 2. The number of carbonyl (C=O) groups is 1. The molecule has 1 amide bonds. The Morgan fingerprint density at radius 1 is 0.971 bits per heavy atom. The molecule has 0 heterocycles. The number of sulfonamides is 1. The van der Waals surface area contributed by atoms with E-state index < -0.39 is 22.5 Å². The van der Waals surface area contributed by atoms with Crippen LogP contribution < -0.4 is 19.1 Å². The molecule has 3 rings (SSSR count). The lowest BCUT2D eigenvalue weighted by Gasteiger charge is -2.26. The van der Waals surface area contributed by atoms with Crippen molar-refractivity contribution in [3.8, 4) is 11.5 Å². The molecule has 0 aliphatic carbocycles. The second-order valence-electron chi connectivity index (χ2n) is 8.39. The lowest BCUT2D eigenvalue weighted by molar-refractivity contribution is -0.119. The average Bonchev–Trinajstić information content (AvgIpc) is 2.85. The first kappa shape index (κ1) is 26.1. The normalized spacial score (nSPS) is 11.2. The van der Waals surface area contributed by atoms with Crippen molar-refractivity contribution in [1.29, 1.82) is 0 Å². The van der Waals surface area contributed by atoms with E-state index in [2.05, 4.69) is 19.2 Å². The summed E-state index contributed by atoms with van der Waals surface area (Å²) in [5.41, 5.74) is 2.23. The highest BCUT2D eigenvalue weighted by atomic mass is 32.2. The Bertz CT molecular complexity index is 1240. The highest BCUT2D eigenvalue weighted by molar-refractivity contribution is 7.92. The fourth-order valence-corrected chi connectivity index (χ4v) is 5.09. The van der Waals surface area contributed by atoms with Crippen LogP contribution >= 0.6 is 0 Å². The number of nitrogens with one attached hydrogen (secondary N) is 1. The van der Waals surface area contributed by atoms with Gasteiger partial charge in [-0.3, -0.25) is 9.10 Å². The minimum atomic E-state index is -4.03. The lowest BCUT2D eigenvalue weighted by atomic mass is 10.0. The Hall–Kier alpha value is -3.52. The lowest BCUT2D eigenvalue weighted by Crippen LogP contribution is -2.42. The van der Waals surface area contributed by atoms with Crippen LogP contribution in [0.4, 0.5) is 5.69 Å². The fourth-order valence-electron chi connectivity index (χ4n) is 3.64. The van der Waals surface area contributed by atoms with Crippen molar-refractivity contribution in [2.75, 3.05) is 31.1 Å². The maximum atomic E-state index is 13.5. The Morgan fingerprint density at radius 2 is 1.66 bits per heavy atom. The topological polar surface area (TPSA) is 84.9 Å². The minimum absolute atomic E-state index is 0.0879. The van der Waals surface area contributed by atoms with E-state index in [1.54, 1.807) is 30.3 Å². The molecule has 0 aromatic heterocycles. The summed E-state index contributed by atoms with van der Waals surface area (Å²) in [6.45, 7) is 6.11. The molecule has 0 bridgehead atoms.